The Hall–Kier alpha value is -3.25. The van der Waals surface area contributed by atoms with Crippen molar-refractivity contribution in [1.29, 1.82) is 0 Å². The summed E-state index contributed by atoms with van der Waals surface area (Å²) in [6.45, 7) is 19.5. The molecule has 0 aromatic heterocycles. The molecule has 0 amide bonds. The number of hydrogen-bond donors (Lipinski definition) is 0. The molecule has 0 unspecified atom stereocenters. The van der Waals surface area contributed by atoms with Gasteiger partial charge in [-0.1, -0.05) is 0 Å². The van der Waals surface area contributed by atoms with E-state index in [0.29, 0.717) is 20.8 Å². The number of halogens is 8. The summed E-state index contributed by atoms with van der Waals surface area (Å²) in [5, 5.41) is 0. The molecule has 0 atom stereocenters. The number of fused-ring (bicyclic) bond motifs is 5. The van der Waals surface area contributed by atoms with Gasteiger partial charge in [0, 0.05) is 0 Å². The minimum absolute atomic E-state index is 0. The minimum Gasteiger partial charge on any atom is -1.00 e. The predicted octanol–water partition coefficient (Wildman–Crippen LogP) is 8.34. The van der Waals surface area contributed by atoms with Crippen LogP contribution < -0.4 is 24.8 Å². The SMILES string of the molecule is CC1=CC(C)(C)c2cc3c(cc21)-c1cc2c(cc1[CH]3[Zr+2]([C]1=CC(C(C)(C)C)=CC1)=[C](c1cccc(C(F)(F)F)c1)c1cccc(C(F)(F)F)c1)C(C)(C)C=C2C.[Cl-].[Cl-]. The van der Waals surface area contributed by atoms with Crippen molar-refractivity contribution in [2.75, 3.05) is 0 Å². The molecule has 0 radical (unpaired) electrons. The summed E-state index contributed by atoms with van der Waals surface area (Å²) in [4.78, 5) is 0. The van der Waals surface area contributed by atoms with Crippen LogP contribution in [0.1, 0.15) is 128 Å². The molecule has 4 aliphatic rings. The van der Waals surface area contributed by atoms with Gasteiger partial charge in [0.05, 0.1) is 0 Å². The second-order valence-corrected chi connectivity index (χ2v) is 24.5. The molecule has 0 spiro atoms. The van der Waals surface area contributed by atoms with E-state index in [1.165, 1.54) is 57.7 Å². The van der Waals surface area contributed by atoms with Gasteiger partial charge in [-0.25, -0.2) is 0 Å². The van der Waals surface area contributed by atoms with Gasteiger partial charge in [-0.3, -0.25) is 0 Å². The molecule has 0 nitrogen and oxygen atoms in total. The normalized spacial score (nSPS) is 17.3. The van der Waals surface area contributed by atoms with E-state index in [9.17, 15) is 26.3 Å². The third kappa shape index (κ3) is 7.45. The number of alkyl halides is 6. The molecule has 0 bridgehead atoms. The van der Waals surface area contributed by atoms with Gasteiger partial charge in [0.15, 0.2) is 0 Å². The second-order valence-electron chi connectivity index (χ2n) is 18.2. The molecule has 8 rings (SSSR count). The molecule has 302 valence electrons. The molecule has 9 heteroatoms. The Morgan fingerprint density at radius 1 is 0.621 bits per heavy atom. The van der Waals surface area contributed by atoms with E-state index in [1.54, 1.807) is 12.1 Å². The summed E-state index contributed by atoms with van der Waals surface area (Å²) >= 11 is -3.78. The van der Waals surface area contributed by atoms with Crippen molar-refractivity contribution in [2.24, 2.45) is 5.41 Å². The van der Waals surface area contributed by atoms with Crippen LogP contribution in [0.5, 0.6) is 0 Å². The fraction of sp³-hybridized carbons (Fsp3) is 0.327. The summed E-state index contributed by atoms with van der Waals surface area (Å²) < 4.78 is 88.7. The van der Waals surface area contributed by atoms with Gasteiger partial charge >= 0.3 is 336 Å². The maximum Gasteiger partial charge on any atom is -1.00 e. The minimum atomic E-state index is -4.63. The van der Waals surface area contributed by atoms with E-state index in [4.69, 9.17) is 0 Å². The van der Waals surface area contributed by atoms with Gasteiger partial charge in [0.2, 0.25) is 0 Å². The van der Waals surface area contributed by atoms with Gasteiger partial charge < -0.3 is 24.8 Å². The second kappa shape index (κ2) is 14.7. The van der Waals surface area contributed by atoms with Crippen LogP contribution in [0.2, 0.25) is 0 Å². The van der Waals surface area contributed by atoms with Crippen LogP contribution in [0.15, 0.2) is 106 Å². The van der Waals surface area contributed by atoms with E-state index in [0.717, 1.165) is 43.2 Å². The number of benzene rings is 4. The van der Waals surface area contributed by atoms with Crippen molar-refractivity contribution in [3.05, 3.63) is 162 Å². The molecule has 58 heavy (non-hydrogen) atoms. The van der Waals surface area contributed by atoms with E-state index >= 15 is 0 Å². The van der Waals surface area contributed by atoms with Crippen molar-refractivity contribution in [2.45, 2.75) is 95.5 Å². The van der Waals surface area contributed by atoms with Crippen LogP contribution in [-0.2, 0) is 44.4 Å². The molecular formula is C49H46Cl2F6Zr. The largest absolute Gasteiger partial charge is 1.00 e. The number of hydrogen-bond acceptors (Lipinski definition) is 0. The van der Waals surface area contributed by atoms with E-state index < -0.39 is 44.7 Å². The average Bonchev–Trinajstić information content (AvgIpc) is 3.82. The summed E-state index contributed by atoms with van der Waals surface area (Å²) in [5.74, 6) is 0. The zero-order valence-electron chi connectivity index (χ0n) is 34.0. The van der Waals surface area contributed by atoms with Crippen molar-refractivity contribution < 1.29 is 72.4 Å². The van der Waals surface area contributed by atoms with Crippen LogP contribution in [-0.4, -0.2) is 3.21 Å². The van der Waals surface area contributed by atoms with Gasteiger partial charge in [-0.05, 0) is 0 Å². The zero-order chi connectivity index (χ0) is 40.5. The van der Waals surface area contributed by atoms with Crippen molar-refractivity contribution in [3.8, 4) is 11.1 Å². The third-order valence-electron chi connectivity index (χ3n) is 12.3. The van der Waals surface area contributed by atoms with Crippen LogP contribution in [0.4, 0.5) is 26.3 Å². The number of rotatable bonds is 4. The standard InChI is InChI=1S/C25H25.C15H8F6.C9H13.2ClH.Zr/c1-14-12-24(3,4)22-8-16-7-17-9-23-19(15(2)13-25(23,5)6)11-21(17)20(16)10-18(14)22;16-14(17,18)12-5-1-3-10(8-12)7-11-4-2-6-13(9-11)15(19,20)21;1-9(2,3)8-6-4-5-7-8;;;/h7-13H,1-6H3;1-6,8-9H;6-7H,4H2,1-3H3;2*1H;/q;;;;;+2/p-2. The Kier molecular flexibility index (Phi) is 11.3. The van der Waals surface area contributed by atoms with Gasteiger partial charge in [0.1, 0.15) is 0 Å². The van der Waals surface area contributed by atoms with Crippen molar-refractivity contribution >= 4 is 14.4 Å². The summed E-state index contributed by atoms with van der Waals surface area (Å²) in [7, 11) is 0. The molecule has 0 aliphatic heterocycles. The first-order chi connectivity index (χ1) is 26.0. The molecule has 4 aromatic rings. The first-order valence-corrected chi connectivity index (χ1v) is 23.1. The smallest absolute Gasteiger partial charge is 1.00 e. The van der Waals surface area contributed by atoms with Gasteiger partial charge in [0.25, 0.3) is 0 Å². The molecular weight excluding hydrogens is 865 g/mol. The Morgan fingerprint density at radius 3 is 1.43 bits per heavy atom. The monoisotopic (exact) mass is 908 g/mol. The summed E-state index contributed by atoms with van der Waals surface area (Å²) in [6, 6.07) is 19.9. The Morgan fingerprint density at radius 2 is 1.05 bits per heavy atom. The summed E-state index contributed by atoms with van der Waals surface area (Å²) in [5.41, 5.74) is 11.2. The maximum absolute atomic E-state index is 14.5. The fourth-order valence-corrected chi connectivity index (χ4v) is 18.6. The Balaban J connectivity index is 0.00000283. The Labute approximate surface area is 358 Å². The van der Waals surface area contributed by atoms with Gasteiger partial charge in [-0.15, -0.1) is 0 Å². The quantitative estimate of drug-likeness (QED) is 0.181. The van der Waals surface area contributed by atoms with Gasteiger partial charge in [-0.2, -0.15) is 0 Å². The van der Waals surface area contributed by atoms with Crippen LogP contribution >= 0.6 is 0 Å². The van der Waals surface area contributed by atoms with Crippen LogP contribution in [0.3, 0.4) is 0 Å². The van der Waals surface area contributed by atoms with Crippen molar-refractivity contribution in [1.82, 2.24) is 0 Å². The molecule has 0 N–H and O–H groups in total. The molecule has 4 aromatic carbocycles. The third-order valence-corrected chi connectivity index (χ3v) is 20.5. The topological polar surface area (TPSA) is 0 Å². The summed E-state index contributed by atoms with van der Waals surface area (Å²) in [6.07, 6.45) is 0.405. The Bertz CT molecular complexity index is 2390. The maximum atomic E-state index is 14.5. The molecule has 0 fully saturated rings. The van der Waals surface area contributed by atoms with E-state index in [1.807, 2.05) is 0 Å². The molecule has 4 aliphatic carbocycles. The predicted molar refractivity (Wildman–Crippen MR) is 213 cm³/mol. The molecule has 0 heterocycles. The average molecular weight is 911 g/mol. The van der Waals surface area contributed by atoms with Crippen LogP contribution in [0, 0.1) is 5.41 Å². The zero-order valence-corrected chi connectivity index (χ0v) is 38.0. The van der Waals surface area contributed by atoms with Crippen LogP contribution in [0.25, 0.3) is 22.3 Å². The molecule has 0 saturated carbocycles. The fourth-order valence-electron chi connectivity index (χ4n) is 9.67. The van der Waals surface area contributed by atoms with E-state index in [2.05, 4.69) is 111 Å². The van der Waals surface area contributed by atoms with Crippen molar-refractivity contribution in [3.63, 3.8) is 0 Å². The number of allylic oxidation sites excluding steroid dienone is 8. The first-order valence-electron chi connectivity index (χ1n) is 19.2. The first kappa shape index (κ1) is 44.3. The van der Waals surface area contributed by atoms with E-state index in [-0.39, 0.29) is 44.7 Å². The molecule has 0 saturated heterocycles.